The van der Waals surface area contributed by atoms with Crippen LogP contribution in [0.1, 0.15) is 17.8 Å². The molecule has 1 aliphatic heterocycles. The van der Waals surface area contributed by atoms with Gasteiger partial charge in [0.1, 0.15) is 18.2 Å². The van der Waals surface area contributed by atoms with E-state index in [1.807, 2.05) is 54.6 Å². The topological polar surface area (TPSA) is 44.1 Å². The fourth-order valence-electron chi connectivity index (χ4n) is 2.99. The van der Waals surface area contributed by atoms with E-state index in [4.69, 9.17) is 4.74 Å². The molecule has 1 aromatic heterocycles. The Labute approximate surface area is 140 Å². The van der Waals surface area contributed by atoms with Crippen molar-refractivity contribution in [1.29, 1.82) is 0 Å². The fraction of sp³-hybridized carbons (Fsp3) is 0.200. The van der Waals surface area contributed by atoms with E-state index in [0.29, 0.717) is 6.61 Å². The number of aromatic nitrogens is 2. The van der Waals surface area contributed by atoms with Crippen LogP contribution >= 0.6 is 0 Å². The molecule has 0 fully saturated rings. The lowest BCUT2D eigenvalue weighted by atomic mass is 10.1. The average Bonchev–Trinajstić information content (AvgIpc) is 3.10. The molecule has 24 heavy (non-hydrogen) atoms. The van der Waals surface area contributed by atoms with Gasteiger partial charge in [0, 0.05) is 24.6 Å². The number of nitrogens with zero attached hydrogens (tertiary/aromatic N) is 2. The number of fused-ring (bicyclic) bond motifs is 1. The van der Waals surface area contributed by atoms with Crippen molar-refractivity contribution >= 4 is 0 Å². The van der Waals surface area contributed by atoms with Crippen LogP contribution in [0.3, 0.4) is 0 Å². The fourth-order valence-corrected chi connectivity index (χ4v) is 2.99. The van der Waals surface area contributed by atoms with Gasteiger partial charge < -0.3 is 4.74 Å². The van der Waals surface area contributed by atoms with Gasteiger partial charge in [-0.05, 0) is 36.2 Å². The predicted molar refractivity (Wildman–Crippen MR) is 93.0 cm³/mol. The molecule has 0 aliphatic carbocycles. The normalized spacial score (nSPS) is 12.8. The molecule has 3 aromatic rings. The Kier molecular flexibility index (Phi) is 3.87. The maximum atomic E-state index is 12.1. The molecule has 0 radical (unpaired) electrons. The van der Waals surface area contributed by atoms with Gasteiger partial charge in [0.15, 0.2) is 0 Å². The molecule has 0 bridgehead atoms. The SMILES string of the molecule is O=c1cc(-c2ccc(OCc3ccccc3)cc2)nc2n1CCC2. The summed E-state index contributed by atoms with van der Waals surface area (Å²) in [6, 6.07) is 19.4. The first kappa shape index (κ1) is 14.7. The molecular weight excluding hydrogens is 300 g/mol. The monoisotopic (exact) mass is 318 g/mol. The molecule has 2 heterocycles. The molecule has 0 spiro atoms. The third kappa shape index (κ3) is 2.95. The van der Waals surface area contributed by atoms with E-state index in [-0.39, 0.29) is 5.56 Å². The molecule has 0 unspecified atom stereocenters. The molecule has 0 N–H and O–H groups in total. The summed E-state index contributed by atoms with van der Waals surface area (Å²) in [7, 11) is 0. The standard InChI is InChI=1S/C20H18N2O2/c23-20-13-18(21-19-7-4-12-22(19)20)16-8-10-17(11-9-16)24-14-15-5-2-1-3-6-15/h1-3,5-6,8-11,13H,4,7,12,14H2. The second-order valence-corrected chi connectivity index (χ2v) is 5.95. The third-order valence-corrected chi connectivity index (χ3v) is 4.27. The van der Waals surface area contributed by atoms with Gasteiger partial charge in [0.25, 0.3) is 5.56 Å². The van der Waals surface area contributed by atoms with E-state index in [9.17, 15) is 4.79 Å². The Balaban J connectivity index is 1.52. The zero-order valence-electron chi connectivity index (χ0n) is 13.3. The summed E-state index contributed by atoms with van der Waals surface area (Å²) in [6.45, 7) is 1.33. The molecule has 0 atom stereocenters. The van der Waals surface area contributed by atoms with Crippen molar-refractivity contribution in [3.8, 4) is 17.0 Å². The molecule has 4 heteroatoms. The first-order valence-corrected chi connectivity index (χ1v) is 8.17. The second-order valence-electron chi connectivity index (χ2n) is 5.95. The van der Waals surface area contributed by atoms with Gasteiger partial charge in [0.05, 0.1) is 5.69 Å². The quantitative estimate of drug-likeness (QED) is 0.740. The smallest absolute Gasteiger partial charge is 0.254 e. The van der Waals surface area contributed by atoms with Crippen LogP contribution in [0.15, 0.2) is 65.5 Å². The zero-order chi connectivity index (χ0) is 16.4. The summed E-state index contributed by atoms with van der Waals surface area (Å²) in [5.74, 6) is 1.70. The molecule has 0 amide bonds. The maximum Gasteiger partial charge on any atom is 0.254 e. The number of aryl methyl sites for hydroxylation is 1. The molecule has 0 saturated heterocycles. The van der Waals surface area contributed by atoms with Crippen molar-refractivity contribution in [3.05, 3.63) is 82.4 Å². The van der Waals surface area contributed by atoms with Crippen LogP contribution < -0.4 is 10.3 Å². The van der Waals surface area contributed by atoms with Crippen LogP contribution in [-0.4, -0.2) is 9.55 Å². The first-order chi connectivity index (χ1) is 11.8. The van der Waals surface area contributed by atoms with E-state index >= 15 is 0 Å². The minimum Gasteiger partial charge on any atom is -0.489 e. The summed E-state index contributed by atoms with van der Waals surface area (Å²) in [5, 5.41) is 0. The van der Waals surface area contributed by atoms with Crippen LogP contribution in [0.25, 0.3) is 11.3 Å². The first-order valence-electron chi connectivity index (χ1n) is 8.17. The van der Waals surface area contributed by atoms with E-state index < -0.39 is 0 Å². The highest BCUT2D eigenvalue weighted by atomic mass is 16.5. The van der Waals surface area contributed by atoms with Gasteiger partial charge in [-0.3, -0.25) is 9.36 Å². The number of hydrogen-bond acceptors (Lipinski definition) is 3. The number of hydrogen-bond donors (Lipinski definition) is 0. The molecule has 1 aliphatic rings. The van der Waals surface area contributed by atoms with Crippen LogP contribution in [0.5, 0.6) is 5.75 Å². The molecule has 120 valence electrons. The summed E-state index contributed by atoms with van der Waals surface area (Å²) in [6.07, 6.45) is 1.87. The minimum absolute atomic E-state index is 0.0388. The second kappa shape index (κ2) is 6.32. The van der Waals surface area contributed by atoms with Crippen molar-refractivity contribution < 1.29 is 4.74 Å². The molecule has 4 nitrogen and oxygen atoms in total. The highest BCUT2D eigenvalue weighted by Gasteiger charge is 2.15. The highest BCUT2D eigenvalue weighted by Crippen LogP contribution is 2.22. The largest absolute Gasteiger partial charge is 0.489 e. The predicted octanol–water partition coefficient (Wildman–Crippen LogP) is 3.44. The molecular formula is C20H18N2O2. The number of benzene rings is 2. The summed E-state index contributed by atoms with van der Waals surface area (Å²) in [4.78, 5) is 16.8. The van der Waals surface area contributed by atoms with Gasteiger partial charge in [-0.25, -0.2) is 4.98 Å². The van der Waals surface area contributed by atoms with E-state index in [2.05, 4.69) is 4.98 Å². The van der Waals surface area contributed by atoms with Crippen molar-refractivity contribution in [2.75, 3.05) is 0 Å². The van der Waals surface area contributed by atoms with Gasteiger partial charge in [0.2, 0.25) is 0 Å². The summed E-state index contributed by atoms with van der Waals surface area (Å²) < 4.78 is 7.56. The van der Waals surface area contributed by atoms with Crippen LogP contribution in [0, 0.1) is 0 Å². The Morgan fingerprint density at radius 2 is 1.83 bits per heavy atom. The highest BCUT2D eigenvalue weighted by molar-refractivity contribution is 5.59. The van der Waals surface area contributed by atoms with Crippen molar-refractivity contribution in [2.24, 2.45) is 0 Å². The Morgan fingerprint density at radius 1 is 1.04 bits per heavy atom. The lowest BCUT2D eigenvalue weighted by molar-refractivity contribution is 0.306. The zero-order valence-corrected chi connectivity index (χ0v) is 13.3. The summed E-state index contributed by atoms with van der Waals surface area (Å²) in [5.41, 5.74) is 2.85. The van der Waals surface area contributed by atoms with Crippen molar-refractivity contribution in [3.63, 3.8) is 0 Å². The number of ether oxygens (including phenoxy) is 1. The molecule has 2 aromatic carbocycles. The van der Waals surface area contributed by atoms with Gasteiger partial charge in [-0.2, -0.15) is 0 Å². The van der Waals surface area contributed by atoms with Crippen LogP contribution in [0.4, 0.5) is 0 Å². The maximum absolute atomic E-state index is 12.1. The Morgan fingerprint density at radius 3 is 2.62 bits per heavy atom. The van der Waals surface area contributed by atoms with Gasteiger partial charge in [-0.15, -0.1) is 0 Å². The molecule has 0 saturated carbocycles. The van der Waals surface area contributed by atoms with Crippen molar-refractivity contribution in [2.45, 2.75) is 26.0 Å². The van der Waals surface area contributed by atoms with E-state index in [1.165, 1.54) is 0 Å². The van der Waals surface area contributed by atoms with Crippen molar-refractivity contribution in [1.82, 2.24) is 9.55 Å². The average molecular weight is 318 g/mol. The minimum atomic E-state index is 0.0388. The van der Waals surface area contributed by atoms with Crippen LogP contribution in [0.2, 0.25) is 0 Å². The van der Waals surface area contributed by atoms with E-state index in [1.54, 1.807) is 10.6 Å². The lowest BCUT2D eigenvalue weighted by Crippen LogP contribution is -2.20. The Hall–Kier alpha value is -2.88. The van der Waals surface area contributed by atoms with Crippen LogP contribution in [-0.2, 0) is 19.6 Å². The van der Waals surface area contributed by atoms with Gasteiger partial charge in [-0.1, -0.05) is 30.3 Å². The number of rotatable bonds is 4. The summed E-state index contributed by atoms with van der Waals surface area (Å²) >= 11 is 0. The third-order valence-electron chi connectivity index (χ3n) is 4.27. The lowest BCUT2D eigenvalue weighted by Gasteiger charge is -2.08. The molecule has 4 rings (SSSR count). The Bertz CT molecular complexity index is 899. The van der Waals surface area contributed by atoms with Gasteiger partial charge >= 0.3 is 0 Å². The van der Waals surface area contributed by atoms with E-state index in [0.717, 1.165) is 47.8 Å².